The molecule has 0 saturated carbocycles. The maximum atomic E-state index is 14.3. The van der Waals surface area contributed by atoms with Crippen LogP contribution in [0, 0.1) is 6.57 Å². The molecular formula is C21H23F2N3O6. The number of halogens is 2. The summed E-state index contributed by atoms with van der Waals surface area (Å²) < 4.78 is 44.1. The number of methoxy groups -OCH3 is 2. The molecule has 0 aromatic heterocycles. The largest absolute Gasteiger partial charge is 0.493 e. The number of likely N-dealkylation sites (tertiary alicyclic amines) is 2. The molecule has 2 fully saturated rings. The number of carbonyl (C=O) groups is 3. The van der Waals surface area contributed by atoms with Crippen LogP contribution in [0.2, 0.25) is 0 Å². The fourth-order valence-electron chi connectivity index (χ4n) is 4.03. The van der Waals surface area contributed by atoms with Gasteiger partial charge in [0.2, 0.25) is 5.75 Å². The van der Waals surface area contributed by atoms with Gasteiger partial charge in [0.15, 0.2) is 11.5 Å². The normalized spacial score (nSPS) is 21.8. The third-order valence-electron chi connectivity index (χ3n) is 5.41. The van der Waals surface area contributed by atoms with E-state index in [0.717, 1.165) is 11.8 Å². The van der Waals surface area contributed by atoms with E-state index < -0.39 is 48.9 Å². The average Bonchev–Trinajstić information content (AvgIpc) is 3.35. The summed E-state index contributed by atoms with van der Waals surface area (Å²) in [6.07, 6.45) is -0.487. The zero-order valence-electron chi connectivity index (χ0n) is 17.9. The first kappa shape index (κ1) is 23.2. The van der Waals surface area contributed by atoms with Crippen molar-refractivity contribution in [3.63, 3.8) is 0 Å². The third-order valence-corrected chi connectivity index (χ3v) is 5.41. The van der Waals surface area contributed by atoms with E-state index in [2.05, 4.69) is 4.85 Å². The van der Waals surface area contributed by atoms with Crippen molar-refractivity contribution in [1.29, 1.82) is 0 Å². The Kier molecular flexibility index (Phi) is 6.52. The Morgan fingerprint density at radius 3 is 2.44 bits per heavy atom. The van der Waals surface area contributed by atoms with Crippen LogP contribution in [-0.4, -0.2) is 73.0 Å². The number of ether oxygens (including phenoxy) is 3. The van der Waals surface area contributed by atoms with Gasteiger partial charge in [0.1, 0.15) is 6.04 Å². The number of amides is 2. The number of esters is 1. The van der Waals surface area contributed by atoms with Crippen LogP contribution in [0.4, 0.5) is 8.78 Å². The van der Waals surface area contributed by atoms with Crippen LogP contribution in [-0.2, 0) is 9.59 Å². The number of rotatable bonds is 5. The quantitative estimate of drug-likeness (QED) is 0.388. The van der Waals surface area contributed by atoms with Gasteiger partial charge >= 0.3 is 12.1 Å². The lowest BCUT2D eigenvalue weighted by atomic mass is 10.1. The van der Waals surface area contributed by atoms with E-state index in [-0.39, 0.29) is 29.4 Å². The molecule has 0 N–H and O–H groups in total. The van der Waals surface area contributed by atoms with E-state index in [0.29, 0.717) is 12.8 Å². The van der Waals surface area contributed by atoms with Gasteiger partial charge in [-0.1, -0.05) is 0 Å². The van der Waals surface area contributed by atoms with Crippen LogP contribution in [0.25, 0.3) is 4.85 Å². The first-order valence-electron chi connectivity index (χ1n) is 9.92. The van der Waals surface area contributed by atoms with Crippen molar-refractivity contribution in [3.05, 3.63) is 29.1 Å². The van der Waals surface area contributed by atoms with Crippen LogP contribution < -0.4 is 14.2 Å². The molecule has 0 radical (unpaired) electrons. The van der Waals surface area contributed by atoms with E-state index in [1.54, 1.807) is 0 Å². The van der Waals surface area contributed by atoms with Crippen LogP contribution in [0.15, 0.2) is 12.1 Å². The molecule has 0 bridgehead atoms. The van der Waals surface area contributed by atoms with E-state index in [4.69, 9.17) is 20.8 Å². The molecule has 11 heteroatoms. The standard InChI is InChI=1S/C21H23F2N3O6/c1-12(27)32-16-9-13(8-15(30-3)18(16)31-4)19(28)26-11-21(22,23)10-14(26)20(29)25-7-5-6-17(25)24-2/h8-9,14,17H,5-7,10-11H2,1,3-4H3/t14-,17-/m0/s1. The first-order chi connectivity index (χ1) is 15.1. The van der Waals surface area contributed by atoms with E-state index >= 15 is 0 Å². The number of hydrogen-bond donors (Lipinski definition) is 0. The summed E-state index contributed by atoms with van der Waals surface area (Å²) in [6.45, 7) is 7.72. The van der Waals surface area contributed by atoms with Gasteiger partial charge in [0.05, 0.1) is 20.8 Å². The molecule has 9 nitrogen and oxygen atoms in total. The van der Waals surface area contributed by atoms with E-state index in [1.807, 2.05) is 0 Å². The summed E-state index contributed by atoms with van der Waals surface area (Å²) in [6, 6.07) is 1.04. The molecule has 2 heterocycles. The second-order valence-corrected chi connectivity index (χ2v) is 7.60. The van der Waals surface area contributed by atoms with Gasteiger partial charge in [-0.3, -0.25) is 24.1 Å². The van der Waals surface area contributed by atoms with Gasteiger partial charge < -0.3 is 19.1 Å². The van der Waals surface area contributed by atoms with Crippen molar-refractivity contribution in [2.75, 3.05) is 27.3 Å². The fourth-order valence-corrected chi connectivity index (χ4v) is 4.03. The number of nitrogens with zero attached hydrogens (tertiary/aromatic N) is 3. The Balaban J connectivity index is 1.98. The highest BCUT2D eigenvalue weighted by atomic mass is 19.3. The molecule has 1 aromatic rings. The van der Waals surface area contributed by atoms with Gasteiger partial charge in [-0.15, -0.1) is 0 Å². The molecule has 2 aliphatic rings. The van der Waals surface area contributed by atoms with Crippen LogP contribution in [0.1, 0.15) is 36.5 Å². The van der Waals surface area contributed by atoms with Gasteiger partial charge in [0, 0.05) is 31.9 Å². The summed E-state index contributed by atoms with van der Waals surface area (Å²) in [7, 11) is 2.61. The zero-order valence-corrected chi connectivity index (χ0v) is 17.9. The average molecular weight is 451 g/mol. The van der Waals surface area contributed by atoms with Crippen molar-refractivity contribution >= 4 is 17.8 Å². The Bertz CT molecular complexity index is 977. The molecule has 2 aliphatic heterocycles. The smallest absolute Gasteiger partial charge is 0.308 e. The SMILES string of the molecule is [C-]#[N+][C@@H]1CCCN1C(=O)[C@@H]1CC(F)(F)CN1C(=O)c1cc(OC)c(OC)c(OC(C)=O)c1. The minimum Gasteiger partial charge on any atom is -0.493 e. The third kappa shape index (κ3) is 4.44. The molecule has 3 rings (SSSR count). The van der Waals surface area contributed by atoms with Crippen LogP contribution in [0.5, 0.6) is 17.2 Å². The molecule has 1 aromatic carbocycles. The Morgan fingerprint density at radius 2 is 1.84 bits per heavy atom. The van der Waals surface area contributed by atoms with Crippen molar-refractivity contribution in [2.24, 2.45) is 0 Å². The second kappa shape index (κ2) is 8.98. The molecule has 0 aliphatic carbocycles. The van der Waals surface area contributed by atoms with E-state index in [1.165, 1.54) is 31.3 Å². The van der Waals surface area contributed by atoms with Crippen LogP contribution >= 0.6 is 0 Å². The highest BCUT2D eigenvalue weighted by Crippen LogP contribution is 2.40. The molecule has 0 unspecified atom stereocenters. The van der Waals surface area contributed by atoms with Gasteiger partial charge in [-0.2, -0.15) is 0 Å². The van der Waals surface area contributed by atoms with Gasteiger partial charge in [-0.05, 0) is 18.6 Å². The minimum atomic E-state index is -3.27. The van der Waals surface area contributed by atoms with Crippen molar-refractivity contribution in [2.45, 2.75) is 44.3 Å². The summed E-state index contributed by atoms with van der Waals surface area (Å²) in [5.74, 6) is -5.49. The predicted octanol–water partition coefficient (Wildman–Crippen LogP) is 2.35. The molecule has 32 heavy (non-hydrogen) atoms. The zero-order chi connectivity index (χ0) is 23.6. The molecule has 172 valence electrons. The van der Waals surface area contributed by atoms with E-state index in [9.17, 15) is 23.2 Å². The Labute approximate surface area is 183 Å². The van der Waals surface area contributed by atoms with Crippen LogP contribution in [0.3, 0.4) is 0 Å². The number of hydrogen-bond acceptors (Lipinski definition) is 6. The number of carbonyl (C=O) groups excluding carboxylic acids is 3. The molecule has 2 amide bonds. The molecule has 2 saturated heterocycles. The van der Waals surface area contributed by atoms with Crippen molar-refractivity contribution in [1.82, 2.24) is 9.80 Å². The monoisotopic (exact) mass is 451 g/mol. The predicted molar refractivity (Wildman–Crippen MR) is 107 cm³/mol. The highest BCUT2D eigenvalue weighted by Gasteiger charge is 2.52. The first-order valence-corrected chi connectivity index (χ1v) is 9.92. The van der Waals surface area contributed by atoms with Crippen molar-refractivity contribution in [3.8, 4) is 17.2 Å². The van der Waals surface area contributed by atoms with Gasteiger partial charge in [-0.25, -0.2) is 15.4 Å². The highest BCUT2D eigenvalue weighted by molar-refractivity contribution is 5.99. The Morgan fingerprint density at radius 1 is 1.16 bits per heavy atom. The lowest BCUT2D eigenvalue weighted by molar-refractivity contribution is -0.135. The molecule has 0 spiro atoms. The minimum absolute atomic E-state index is 0.0515. The maximum Gasteiger partial charge on any atom is 0.308 e. The lowest BCUT2D eigenvalue weighted by Gasteiger charge is -2.27. The summed E-state index contributed by atoms with van der Waals surface area (Å²) in [5, 5.41) is 0. The Hall–Kier alpha value is -3.42. The molecular weight excluding hydrogens is 428 g/mol. The van der Waals surface area contributed by atoms with Crippen molar-refractivity contribution < 1.29 is 37.4 Å². The summed E-state index contributed by atoms with van der Waals surface area (Å²) in [4.78, 5) is 43.2. The topological polar surface area (TPSA) is 89.7 Å². The summed E-state index contributed by atoms with van der Waals surface area (Å²) in [5.41, 5.74) is -0.113. The number of alkyl halides is 2. The summed E-state index contributed by atoms with van der Waals surface area (Å²) >= 11 is 0. The lowest BCUT2D eigenvalue weighted by Crippen LogP contribution is -2.48. The number of benzene rings is 1. The fraction of sp³-hybridized carbons (Fsp3) is 0.524. The second-order valence-electron chi connectivity index (χ2n) is 7.60. The molecule has 2 atom stereocenters. The maximum absolute atomic E-state index is 14.3. The van der Waals surface area contributed by atoms with Gasteiger partial charge in [0.25, 0.3) is 17.7 Å².